The molecule has 0 radical (unpaired) electrons. The molecule has 1 fully saturated rings. The van der Waals surface area contributed by atoms with E-state index < -0.39 is 27.8 Å². The van der Waals surface area contributed by atoms with Crippen LogP contribution in [0.5, 0.6) is 0 Å². The molecule has 0 saturated carbocycles. The first kappa shape index (κ1) is 13.2. The normalized spacial score (nSPS) is 20.6. The molecule has 0 bridgehead atoms. The number of nitrogens with one attached hydrogen (secondary N) is 2. The van der Waals surface area contributed by atoms with Crippen LogP contribution < -0.4 is 10.6 Å². The fourth-order valence-electron chi connectivity index (χ4n) is 0.879. The Morgan fingerprint density at radius 1 is 1.36 bits per heavy atom. The molecule has 1 aliphatic heterocycles. The number of carbonyl (C=O) groups excluding carboxylic acids is 2. The Balaban J connectivity index is 0.000000791. The van der Waals surface area contributed by atoms with Crippen LogP contribution in [0, 0.1) is 0 Å². The third-order valence-electron chi connectivity index (χ3n) is 1.33. The summed E-state index contributed by atoms with van der Waals surface area (Å²) in [4.78, 5) is 21.3. The predicted octanol–water partition coefficient (Wildman–Crippen LogP) is -1.21. The molecule has 0 aliphatic carbocycles. The first-order valence-corrected chi connectivity index (χ1v) is 6.58. The van der Waals surface area contributed by atoms with Crippen LogP contribution in [0.25, 0.3) is 0 Å². The van der Waals surface area contributed by atoms with Crippen molar-refractivity contribution in [2.45, 2.75) is 6.04 Å². The van der Waals surface area contributed by atoms with Crippen molar-refractivity contribution in [3.63, 3.8) is 0 Å². The highest BCUT2D eigenvalue weighted by molar-refractivity contribution is 7.90. The van der Waals surface area contributed by atoms with E-state index in [-0.39, 0.29) is 5.75 Å². The largest absolute Gasteiger partial charge is 0.325 e. The predicted molar refractivity (Wildman–Crippen MR) is 55.1 cm³/mol. The maximum absolute atomic E-state index is 10.8. The summed E-state index contributed by atoms with van der Waals surface area (Å²) in [7, 11) is -3.24. The van der Waals surface area contributed by atoms with Crippen LogP contribution >= 0.6 is 12.6 Å². The molecule has 2 N–H and O–H groups in total. The highest BCUT2D eigenvalue weighted by atomic mass is 32.2. The van der Waals surface area contributed by atoms with E-state index in [1.165, 1.54) is 0 Å². The van der Waals surface area contributed by atoms with Gasteiger partial charge >= 0.3 is 6.03 Å². The zero-order valence-corrected chi connectivity index (χ0v) is 9.48. The summed E-state index contributed by atoms with van der Waals surface area (Å²) in [6, 6.07) is -1.58. The van der Waals surface area contributed by atoms with Crippen LogP contribution in [0.15, 0.2) is 0 Å². The van der Waals surface area contributed by atoms with E-state index >= 15 is 0 Å². The number of hydrogen-bond acceptors (Lipinski definition) is 5. The number of carbonyl (C=O) groups is 2. The van der Waals surface area contributed by atoms with Gasteiger partial charge in [0.25, 0.3) is 5.91 Å². The molecule has 0 spiro atoms. The smallest absolute Gasteiger partial charge is 0.322 e. The molecule has 0 aromatic carbocycles. The van der Waals surface area contributed by atoms with E-state index in [0.29, 0.717) is 0 Å². The summed E-state index contributed by atoms with van der Waals surface area (Å²) in [6.07, 6.45) is 2.70. The fraction of sp³-hybridized carbons (Fsp3) is 0.667. The summed E-state index contributed by atoms with van der Waals surface area (Å²) in [6.45, 7) is 0. The Labute approximate surface area is 87.8 Å². The number of amides is 3. The van der Waals surface area contributed by atoms with Gasteiger partial charge in [0.1, 0.15) is 15.9 Å². The van der Waals surface area contributed by atoms with Crippen molar-refractivity contribution in [3.05, 3.63) is 0 Å². The minimum atomic E-state index is -3.24. The minimum absolute atomic E-state index is 0.357. The Bertz CT molecular complexity index is 325. The summed E-state index contributed by atoms with van der Waals surface area (Å²) in [5.41, 5.74) is 0. The minimum Gasteiger partial charge on any atom is -0.325 e. The molecule has 1 saturated heterocycles. The molecule has 0 aromatic rings. The highest BCUT2D eigenvalue weighted by Crippen LogP contribution is 1.96. The number of thiol groups is 1. The Morgan fingerprint density at radius 2 is 1.86 bits per heavy atom. The van der Waals surface area contributed by atoms with Gasteiger partial charge in [-0.1, -0.05) is 0 Å². The van der Waals surface area contributed by atoms with Gasteiger partial charge in [-0.2, -0.15) is 12.6 Å². The lowest BCUT2D eigenvalue weighted by molar-refractivity contribution is -0.119. The van der Waals surface area contributed by atoms with Crippen LogP contribution in [-0.4, -0.2) is 44.7 Å². The van der Waals surface area contributed by atoms with Gasteiger partial charge in [0.05, 0.1) is 5.75 Å². The number of sulfone groups is 1. The third kappa shape index (κ3) is 4.47. The van der Waals surface area contributed by atoms with E-state index in [1.807, 2.05) is 5.32 Å². The average Bonchev–Trinajstić information content (AvgIpc) is 2.31. The van der Waals surface area contributed by atoms with Gasteiger partial charge in [-0.25, -0.2) is 13.2 Å². The summed E-state index contributed by atoms with van der Waals surface area (Å²) >= 11 is 3.53. The lowest BCUT2D eigenvalue weighted by Crippen LogP contribution is -2.35. The Kier molecular flexibility index (Phi) is 4.92. The first-order chi connectivity index (χ1) is 6.38. The third-order valence-corrected chi connectivity index (χ3v) is 2.27. The Hall–Kier alpha value is -0.760. The Morgan fingerprint density at radius 3 is 2.14 bits per heavy atom. The van der Waals surface area contributed by atoms with Crippen molar-refractivity contribution in [2.75, 3.05) is 18.3 Å². The fourth-order valence-corrected chi connectivity index (χ4v) is 1.72. The summed E-state index contributed by atoms with van der Waals surface area (Å²) < 4.78 is 21.4. The van der Waals surface area contributed by atoms with E-state index in [2.05, 4.69) is 17.9 Å². The molecule has 14 heavy (non-hydrogen) atoms. The van der Waals surface area contributed by atoms with Crippen molar-refractivity contribution < 1.29 is 18.0 Å². The number of hydrogen-bond donors (Lipinski definition) is 3. The van der Waals surface area contributed by atoms with E-state index in [4.69, 9.17) is 0 Å². The van der Waals surface area contributed by atoms with Crippen molar-refractivity contribution in [1.29, 1.82) is 0 Å². The molecule has 1 heterocycles. The van der Waals surface area contributed by atoms with Gasteiger partial charge in [-0.3, -0.25) is 10.1 Å². The molecule has 1 aliphatic rings. The van der Waals surface area contributed by atoms with Crippen LogP contribution in [0.2, 0.25) is 0 Å². The molecule has 1 rings (SSSR count). The molecular weight excluding hydrogens is 228 g/mol. The van der Waals surface area contributed by atoms with Gasteiger partial charge in [0.15, 0.2) is 0 Å². The van der Waals surface area contributed by atoms with E-state index in [0.717, 1.165) is 6.26 Å². The number of rotatable bonds is 2. The maximum Gasteiger partial charge on any atom is 0.322 e. The lowest BCUT2D eigenvalue weighted by atomic mass is 10.3. The van der Waals surface area contributed by atoms with Crippen molar-refractivity contribution in [2.24, 2.45) is 0 Å². The van der Waals surface area contributed by atoms with Crippen molar-refractivity contribution in [3.8, 4) is 0 Å². The molecule has 0 unspecified atom stereocenters. The van der Waals surface area contributed by atoms with Gasteiger partial charge in [-0.15, -0.1) is 0 Å². The second-order valence-corrected chi connectivity index (χ2v) is 4.79. The average molecular weight is 240 g/mol. The standard InChI is InChI=1S/C5H8N2O4S.CH4S/c1-12(10,11)2-3-4(8)7-5(9)6-3;1-2/h3H,2H2,1H3,(H2,6,7,8,9);2H,1H3/t3-;/m1./s1. The molecule has 1 atom stereocenters. The van der Waals surface area contributed by atoms with Crippen LogP contribution in [0.1, 0.15) is 0 Å². The molecule has 82 valence electrons. The van der Waals surface area contributed by atoms with Crippen molar-refractivity contribution in [1.82, 2.24) is 10.6 Å². The van der Waals surface area contributed by atoms with Gasteiger partial charge < -0.3 is 5.32 Å². The number of imide groups is 1. The summed E-state index contributed by atoms with van der Waals surface area (Å²) in [5, 5.41) is 4.12. The maximum atomic E-state index is 10.8. The molecule has 3 amide bonds. The monoisotopic (exact) mass is 240 g/mol. The van der Waals surface area contributed by atoms with Gasteiger partial charge in [-0.05, 0) is 6.26 Å². The quantitative estimate of drug-likeness (QED) is 0.417. The first-order valence-electron chi connectivity index (χ1n) is 3.62. The van der Waals surface area contributed by atoms with Crippen LogP contribution in [0.3, 0.4) is 0 Å². The lowest BCUT2D eigenvalue weighted by Gasteiger charge is -2.03. The molecule has 8 heteroatoms. The zero-order valence-electron chi connectivity index (χ0n) is 7.77. The SMILES string of the molecule is CS.CS(=O)(=O)C[C@H]1NC(=O)NC1=O. The second kappa shape index (κ2) is 5.20. The van der Waals surface area contributed by atoms with Crippen LogP contribution in [-0.2, 0) is 14.6 Å². The van der Waals surface area contributed by atoms with Gasteiger partial charge in [0, 0.05) is 6.26 Å². The molecule has 6 nitrogen and oxygen atoms in total. The summed E-state index contributed by atoms with van der Waals surface area (Å²) in [5.74, 6) is -0.949. The van der Waals surface area contributed by atoms with Crippen LogP contribution in [0.4, 0.5) is 4.79 Å². The highest BCUT2D eigenvalue weighted by Gasteiger charge is 2.31. The second-order valence-electron chi connectivity index (χ2n) is 2.61. The molecular formula is C6H12N2O4S2. The zero-order chi connectivity index (χ0) is 11.4. The topological polar surface area (TPSA) is 92.3 Å². The van der Waals surface area contributed by atoms with E-state index in [1.54, 1.807) is 6.26 Å². The van der Waals surface area contributed by atoms with Crippen molar-refractivity contribution >= 4 is 34.4 Å². The molecule has 0 aromatic heterocycles. The van der Waals surface area contributed by atoms with Gasteiger partial charge in [0.2, 0.25) is 0 Å². The van der Waals surface area contributed by atoms with E-state index in [9.17, 15) is 18.0 Å². The number of urea groups is 1.